The zero-order valence-electron chi connectivity index (χ0n) is 20.2. The Morgan fingerprint density at radius 1 is 0.971 bits per heavy atom. The summed E-state index contributed by atoms with van der Waals surface area (Å²) in [6.07, 6.45) is 0. The number of nitrogens with one attached hydrogen (secondary N) is 1. The molecule has 0 aliphatic rings. The number of halogens is 1. The summed E-state index contributed by atoms with van der Waals surface area (Å²) >= 11 is 6.16. The highest BCUT2D eigenvalue weighted by molar-refractivity contribution is 7.92. The number of benzene rings is 3. The van der Waals surface area contributed by atoms with E-state index in [-0.39, 0.29) is 29.5 Å². The fourth-order valence-corrected chi connectivity index (χ4v) is 4.93. The summed E-state index contributed by atoms with van der Waals surface area (Å²) in [6, 6.07) is 16.8. The molecule has 0 spiro atoms. The van der Waals surface area contributed by atoms with E-state index in [9.17, 15) is 13.2 Å². The number of amides is 1. The SMILES string of the molecule is COc1ccc(Cl)cc1N(CC(=O)NCCOc1ccc(C)c(C)c1)S(=O)(=O)c1ccc(C)cc1. The maximum atomic E-state index is 13.6. The van der Waals surface area contributed by atoms with Gasteiger partial charge in [0.05, 0.1) is 24.2 Å². The Morgan fingerprint density at radius 2 is 1.69 bits per heavy atom. The molecular weight excluding hydrogens is 488 g/mol. The van der Waals surface area contributed by atoms with Crippen LogP contribution in [0.5, 0.6) is 11.5 Å². The first-order valence-electron chi connectivity index (χ1n) is 11.0. The van der Waals surface area contributed by atoms with E-state index in [1.165, 1.54) is 25.3 Å². The Morgan fingerprint density at radius 3 is 2.34 bits per heavy atom. The van der Waals surface area contributed by atoms with Crippen molar-refractivity contribution in [2.45, 2.75) is 25.7 Å². The second-order valence-corrected chi connectivity index (χ2v) is 10.4. The van der Waals surface area contributed by atoms with E-state index >= 15 is 0 Å². The molecule has 0 bridgehead atoms. The number of anilines is 1. The van der Waals surface area contributed by atoms with Crippen molar-refractivity contribution in [3.05, 3.63) is 82.4 Å². The van der Waals surface area contributed by atoms with Crippen LogP contribution in [0.1, 0.15) is 16.7 Å². The molecule has 0 aromatic heterocycles. The second-order valence-electron chi connectivity index (χ2n) is 8.09. The van der Waals surface area contributed by atoms with Crippen molar-refractivity contribution in [2.75, 3.05) is 31.1 Å². The average Bonchev–Trinajstić information content (AvgIpc) is 2.82. The maximum Gasteiger partial charge on any atom is 0.264 e. The van der Waals surface area contributed by atoms with Crippen molar-refractivity contribution in [2.24, 2.45) is 0 Å². The van der Waals surface area contributed by atoms with Gasteiger partial charge in [-0.1, -0.05) is 35.4 Å². The molecule has 0 heterocycles. The second kappa shape index (κ2) is 11.5. The quantitative estimate of drug-likeness (QED) is 0.396. The summed E-state index contributed by atoms with van der Waals surface area (Å²) in [6.45, 7) is 5.86. The monoisotopic (exact) mass is 516 g/mol. The highest BCUT2D eigenvalue weighted by Crippen LogP contribution is 2.34. The lowest BCUT2D eigenvalue weighted by molar-refractivity contribution is -0.119. The van der Waals surface area contributed by atoms with Crippen LogP contribution in [-0.2, 0) is 14.8 Å². The van der Waals surface area contributed by atoms with Crippen molar-refractivity contribution in [1.82, 2.24) is 5.32 Å². The lowest BCUT2D eigenvalue weighted by Crippen LogP contribution is -2.42. The van der Waals surface area contributed by atoms with Crippen LogP contribution in [0.25, 0.3) is 0 Å². The van der Waals surface area contributed by atoms with E-state index in [1.807, 2.05) is 39.0 Å². The van der Waals surface area contributed by atoms with Gasteiger partial charge in [0.25, 0.3) is 10.0 Å². The summed E-state index contributed by atoms with van der Waals surface area (Å²) in [5.74, 6) is 0.483. The molecule has 1 amide bonds. The molecule has 9 heteroatoms. The van der Waals surface area contributed by atoms with Gasteiger partial charge < -0.3 is 14.8 Å². The van der Waals surface area contributed by atoms with Crippen molar-refractivity contribution in [3.8, 4) is 11.5 Å². The number of carbonyl (C=O) groups is 1. The zero-order valence-corrected chi connectivity index (χ0v) is 21.7. The van der Waals surface area contributed by atoms with Gasteiger partial charge in [0.1, 0.15) is 24.7 Å². The van der Waals surface area contributed by atoms with Gasteiger partial charge in [-0.3, -0.25) is 9.10 Å². The van der Waals surface area contributed by atoms with Crippen LogP contribution in [0.3, 0.4) is 0 Å². The molecule has 0 fully saturated rings. The average molecular weight is 517 g/mol. The van der Waals surface area contributed by atoms with Crippen LogP contribution in [-0.4, -0.2) is 41.1 Å². The minimum absolute atomic E-state index is 0.0519. The van der Waals surface area contributed by atoms with E-state index < -0.39 is 22.5 Å². The van der Waals surface area contributed by atoms with E-state index in [2.05, 4.69) is 5.32 Å². The Balaban J connectivity index is 1.78. The van der Waals surface area contributed by atoms with Gasteiger partial charge in [0.2, 0.25) is 5.91 Å². The smallest absolute Gasteiger partial charge is 0.264 e. The van der Waals surface area contributed by atoms with Gasteiger partial charge in [-0.05, 0) is 74.4 Å². The highest BCUT2D eigenvalue weighted by atomic mass is 35.5. The predicted octanol–water partition coefficient (Wildman–Crippen LogP) is 4.66. The Bertz CT molecular complexity index is 1290. The van der Waals surface area contributed by atoms with Crippen LogP contribution in [0.15, 0.2) is 65.6 Å². The molecule has 0 radical (unpaired) electrons. The lowest BCUT2D eigenvalue weighted by Gasteiger charge is -2.26. The van der Waals surface area contributed by atoms with Crippen LogP contribution < -0.4 is 19.1 Å². The number of carbonyl (C=O) groups excluding carboxylic acids is 1. The van der Waals surface area contributed by atoms with Gasteiger partial charge in [-0.25, -0.2) is 8.42 Å². The van der Waals surface area contributed by atoms with E-state index in [4.69, 9.17) is 21.1 Å². The Hall–Kier alpha value is -3.23. The molecule has 0 unspecified atom stereocenters. The largest absolute Gasteiger partial charge is 0.495 e. The first-order chi connectivity index (χ1) is 16.6. The first-order valence-corrected chi connectivity index (χ1v) is 12.8. The third kappa shape index (κ3) is 6.68. The number of rotatable bonds is 10. The molecule has 3 aromatic carbocycles. The number of ether oxygens (including phenoxy) is 2. The van der Waals surface area contributed by atoms with Gasteiger partial charge in [-0.15, -0.1) is 0 Å². The standard InChI is InChI=1S/C26H29ClN2O5S/c1-18-5-10-23(11-6-18)35(31,32)29(24-16-21(27)8-12-25(24)33-4)17-26(30)28-13-14-34-22-9-7-19(2)20(3)15-22/h5-12,15-16H,13-14,17H2,1-4H3,(H,28,30). The fraction of sp³-hybridized carbons (Fsp3) is 0.269. The van der Waals surface area contributed by atoms with E-state index in [0.29, 0.717) is 10.8 Å². The molecule has 35 heavy (non-hydrogen) atoms. The molecule has 0 aliphatic carbocycles. The first kappa shape index (κ1) is 26.4. The molecule has 186 valence electrons. The maximum absolute atomic E-state index is 13.6. The molecule has 0 aliphatic heterocycles. The molecule has 3 aromatic rings. The fourth-order valence-electron chi connectivity index (χ4n) is 3.34. The van der Waals surface area contributed by atoms with Crippen molar-refractivity contribution in [3.63, 3.8) is 0 Å². The van der Waals surface area contributed by atoms with Crippen LogP contribution in [0.2, 0.25) is 5.02 Å². The summed E-state index contributed by atoms with van der Waals surface area (Å²) in [7, 11) is -2.67. The molecule has 0 saturated heterocycles. The third-order valence-corrected chi connectivity index (χ3v) is 7.49. The van der Waals surface area contributed by atoms with Crippen LogP contribution >= 0.6 is 11.6 Å². The van der Waals surface area contributed by atoms with Gasteiger partial charge in [-0.2, -0.15) is 0 Å². The summed E-state index contributed by atoms with van der Waals surface area (Å²) in [5.41, 5.74) is 3.36. The third-order valence-electron chi connectivity index (χ3n) is 5.48. The van der Waals surface area contributed by atoms with Crippen molar-refractivity contribution >= 4 is 33.2 Å². The Labute approximate surface area is 211 Å². The molecule has 3 rings (SSSR count). The number of sulfonamides is 1. The summed E-state index contributed by atoms with van der Waals surface area (Å²) in [4.78, 5) is 12.9. The minimum Gasteiger partial charge on any atom is -0.495 e. The van der Waals surface area contributed by atoms with Crippen LogP contribution in [0, 0.1) is 20.8 Å². The zero-order chi connectivity index (χ0) is 25.6. The van der Waals surface area contributed by atoms with Crippen LogP contribution in [0.4, 0.5) is 5.69 Å². The predicted molar refractivity (Wildman–Crippen MR) is 138 cm³/mol. The topological polar surface area (TPSA) is 84.9 Å². The molecular formula is C26H29ClN2O5S. The van der Waals surface area contributed by atoms with E-state index in [0.717, 1.165) is 21.0 Å². The minimum atomic E-state index is -4.10. The number of nitrogens with zero attached hydrogens (tertiary/aromatic N) is 1. The molecule has 0 saturated carbocycles. The number of hydrogen-bond acceptors (Lipinski definition) is 5. The van der Waals surface area contributed by atoms with Gasteiger partial charge in [0.15, 0.2) is 0 Å². The van der Waals surface area contributed by atoms with Gasteiger partial charge in [0, 0.05) is 5.02 Å². The lowest BCUT2D eigenvalue weighted by atomic mass is 10.1. The van der Waals surface area contributed by atoms with Crippen molar-refractivity contribution in [1.29, 1.82) is 0 Å². The molecule has 1 N–H and O–H groups in total. The molecule has 0 atom stereocenters. The number of hydrogen-bond donors (Lipinski definition) is 1. The Kier molecular flexibility index (Phi) is 8.64. The normalized spacial score (nSPS) is 11.1. The van der Waals surface area contributed by atoms with Gasteiger partial charge >= 0.3 is 0 Å². The highest BCUT2D eigenvalue weighted by Gasteiger charge is 2.29. The number of aryl methyl sites for hydroxylation is 3. The number of methoxy groups -OCH3 is 1. The summed E-state index contributed by atoms with van der Waals surface area (Å²) < 4.78 is 39.2. The van der Waals surface area contributed by atoms with Crippen molar-refractivity contribution < 1.29 is 22.7 Å². The van der Waals surface area contributed by atoms with E-state index in [1.54, 1.807) is 24.3 Å². The summed E-state index contributed by atoms with van der Waals surface area (Å²) in [5, 5.41) is 3.03. The molecule has 7 nitrogen and oxygen atoms in total.